The van der Waals surface area contributed by atoms with Crippen molar-refractivity contribution in [2.75, 3.05) is 50.3 Å². The molecule has 8 heteroatoms. The number of carbonyl (C=O) groups is 2. The summed E-state index contributed by atoms with van der Waals surface area (Å²) in [5, 5.41) is 5.57. The van der Waals surface area contributed by atoms with Crippen LogP contribution in [0.1, 0.15) is 207 Å². The van der Waals surface area contributed by atoms with Gasteiger partial charge in [-0.25, -0.2) is 9.59 Å². The highest BCUT2D eigenvalue weighted by molar-refractivity contribution is 5.88. The highest BCUT2D eigenvalue weighted by Crippen LogP contribution is 2.17. The van der Waals surface area contributed by atoms with Gasteiger partial charge in [-0.2, -0.15) is 0 Å². The molecule has 1 aromatic carbocycles. The predicted molar refractivity (Wildman–Crippen MR) is 232 cm³/mol. The van der Waals surface area contributed by atoms with Crippen molar-refractivity contribution < 1.29 is 19.1 Å². The van der Waals surface area contributed by atoms with Crippen LogP contribution in [0.15, 0.2) is 24.3 Å². The van der Waals surface area contributed by atoms with Crippen molar-refractivity contribution >= 4 is 23.6 Å². The van der Waals surface area contributed by atoms with Crippen LogP contribution in [-0.4, -0.2) is 61.6 Å². The topological polar surface area (TPSA) is 83.1 Å². The predicted octanol–water partition coefficient (Wildman–Crippen LogP) is 14.3. The van der Waals surface area contributed by atoms with Gasteiger partial charge < -0.3 is 9.47 Å². The molecule has 314 valence electrons. The zero-order valence-corrected chi connectivity index (χ0v) is 35.9. The van der Waals surface area contributed by atoms with Crippen LogP contribution in [-0.2, 0) is 9.47 Å². The molecule has 0 radical (unpaired) electrons. The quantitative estimate of drug-likeness (QED) is 0.0516. The first kappa shape index (κ1) is 49.7. The Morgan fingerprint density at radius 1 is 0.444 bits per heavy atom. The van der Waals surface area contributed by atoms with Gasteiger partial charge in [0.05, 0.1) is 0 Å². The van der Waals surface area contributed by atoms with E-state index in [9.17, 15) is 9.59 Å². The second-order valence-electron chi connectivity index (χ2n) is 15.6. The zero-order chi connectivity index (χ0) is 39.2. The fourth-order valence-electron chi connectivity index (χ4n) is 6.97. The van der Waals surface area contributed by atoms with Crippen molar-refractivity contribution in [1.29, 1.82) is 0 Å². The molecule has 54 heavy (non-hydrogen) atoms. The number of carbonyl (C=O) groups excluding carboxylic acids is 2. The smallest absolute Gasteiger partial charge is 0.412 e. The standard InChI is InChI=1S/C46H86N4O4/c1-5-9-11-13-15-17-19-21-23-25-27-29-31-33-38-49(7-3)41-53-45(51)47-43-36-35-37-44(40-43)48-46(52)54-42-50(8-4)39-34-32-30-28-26-24-22-20-18-16-14-12-10-6-2/h35-37,40H,5-34,38-39,41-42H2,1-4H3,(H,47,51)(H,48,52). The van der Waals surface area contributed by atoms with Crippen LogP contribution in [0.5, 0.6) is 0 Å². The average molecular weight is 759 g/mol. The largest absolute Gasteiger partial charge is 0.433 e. The van der Waals surface area contributed by atoms with Crippen LogP contribution in [0.4, 0.5) is 21.0 Å². The second kappa shape index (κ2) is 37.6. The molecule has 0 atom stereocenters. The van der Waals surface area contributed by atoms with E-state index >= 15 is 0 Å². The number of unbranched alkanes of at least 4 members (excludes halogenated alkanes) is 26. The molecule has 0 saturated heterocycles. The first-order chi connectivity index (χ1) is 26.5. The molecule has 0 fully saturated rings. The number of hydrogen-bond donors (Lipinski definition) is 2. The van der Waals surface area contributed by atoms with Crippen molar-refractivity contribution in [3.05, 3.63) is 24.3 Å². The monoisotopic (exact) mass is 759 g/mol. The normalized spacial score (nSPS) is 11.4. The van der Waals surface area contributed by atoms with E-state index in [0.29, 0.717) is 11.4 Å². The van der Waals surface area contributed by atoms with E-state index in [1.807, 2.05) is 0 Å². The molecular formula is C46H86N4O4. The molecule has 0 aliphatic rings. The Labute approximate surface area is 333 Å². The van der Waals surface area contributed by atoms with E-state index < -0.39 is 12.2 Å². The first-order valence-corrected chi connectivity index (χ1v) is 22.9. The molecule has 8 nitrogen and oxygen atoms in total. The van der Waals surface area contributed by atoms with Gasteiger partial charge in [0.2, 0.25) is 0 Å². The number of anilines is 2. The Morgan fingerprint density at radius 3 is 1.00 bits per heavy atom. The molecule has 0 aromatic heterocycles. The third kappa shape index (κ3) is 30.9. The van der Waals surface area contributed by atoms with Gasteiger partial charge in [0.15, 0.2) is 0 Å². The lowest BCUT2D eigenvalue weighted by atomic mass is 10.0. The van der Waals surface area contributed by atoms with Gasteiger partial charge in [-0.05, 0) is 44.1 Å². The second-order valence-corrected chi connectivity index (χ2v) is 15.6. The van der Waals surface area contributed by atoms with Gasteiger partial charge in [-0.3, -0.25) is 20.4 Å². The molecule has 0 bridgehead atoms. The van der Waals surface area contributed by atoms with Gasteiger partial charge in [-0.1, -0.05) is 201 Å². The summed E-state index contributed by atoms with van der Waals surface area (Å²) in [7, 11) is 0. The molecule has 1 aromatic rings. The van der Waals surface area contributed by atoms with Crippen LogP contribution < -0.4 is 10.6 Å². The number of amides is 2. The summed E-state index contributed by atoms with van der Waals surface area (Å²) in [4.78, 5) is 29.4. The molecule has 0 saturated carbocycles. The number of hydrogen-bond acceptors (Lipinski definition) is 6. The Balaban J connectivity index is 2.12. The van der Waals surface area contributed by atoms with Crippen molar-refractivity contribution in [2.24, 2.45) is 0 Å². The van der Waals surface area contributed by atoms with E-state index in [0.717, 1.165) is 39.0 Å². The Morgan fingerprint density at radius 2 is 0.722 bits per heavy atom. The molecular weight excluding hydrogens is 673 g/mol. The summed E-state index contributed by atoms with van der Waals surface area (Å²) in [6, 6.07) is 7.05. The van der Waals surface area contributed by atoms with Gasteiger partial charge in [0.1, 0.15) is 13.5 Å². The summed E-state index contributed by atoms with van der Waals surface area (Å²) in [5.74, 6) is 0. The summed E-state index contributed by atoms with van der Waals surface area (Å²) < 4.78 is 11.0. The van der Waals surface area contributed by atoms with Crippen LogP contribution in [0.3, 0.4) is 0 Å². The summed E-state index contributed by atoms with van der Waals surface area (Å²) >= 11 is 0. The minimum atomic E-state index is -0.503. The van der Waals surface area contributed by atoms with Crippen LogP contribution >= 0.6 is 0 Å². The number of ether oxygens (including phenoxy) is 2. The summed E-state index contributed by atoms with van der Waals surface area (Å²) in [6.07, 6.45) is 36.7. The zero-order valence-electron chi connectivity index (χ0n) is 35.9. The van der Waals surface area contributed by atoms with E-state index in [1.54, 1.807) is 24.3 Å². The molecule has 1 rings (SSSR count). The number of nitrogens with zero attached hydrogens (tertiary/aromatic N) is 2. The van der Waals surface area contributed by atoms with Gasteiger partial charge in [0.25, 0.3) is 0 Å². The van der Waals surface area contributed by atoms with E-state index in [1.165, 1.54) is 167 Å². The Kier molecular flexibility index (Phi) is 34.6. The fourth-order valence-corrected chi connectivity index (χ4v) is 6.97. The summed E-state index contributed by atoms with van der Waals surface area (Å²) in [6.45, 7) is 12.8. The fraction of sp³-hybridized carbons (Fsp3) is 0.826. The number of rotatable bonds is 38. The first-order valence-electron chi connectivity index (χ1n) is 22.9. The lowest BCUT2D eigenvalue weighted by Crippen LogP contribution is -2.30. The van der Waals surface area contributed by atoms with Crippen LogP contribution in [0.25, 0.3) is 0 Å². The molecule has 0 aliphatic carbocycles. The maximum Gasteiger partial charge on any atom is 0.412 e. The van der Waals surface area contributed by atoms with Crippen LogP contribution in [0, 0.1) is 0 Å². The van der Waals surface area contributed by atoms with Gasteiger partial charge >= 0.3 is 12.2 Å². The van der Waals surface area contributed by atoms with Gasteiger partial charge in [-0.15, -0.1) is 0 Å². The molecule has 0 heterocycles. The van der Waals surface area contributed by atoms with E-state index in [4.69, 9.17) is 9.47 Å². The Bertz CT molecular complexity index is 920. The van der Waals surface area contributed by atoms with Crippen molar-refractivity contribution in [3.63, 3.8) is 0 Å². The third-order valence-electron chi connectivity index (χ3n) is 10.7. The van der Waals surface area contributed by atoms with Crippen LogP contribution in [0.2, 0.25) is 0 Å². The van der Waals surface area contributed by atoms with Crippen molar-refractivity contribution in [3.8, 4) is 0 Å². The Hall–Kier alpha value is -2.32. The van der Waals surface area contributed by atoms with E-state index in [-0.39, 0.29) is 13.5 Å². The maximum absolute atomic E-state index is 12.5. The lowest BCUT2D eigenvalue weighted by molar-refractivity contribution is 0.0794. The third-order valence-corrected chi connectivity index (χ3v) is 10.7. The van der Waals surface area contributed by atoms with Crippen molar-refractivity contribution in [2.45, 2.75) is 207 Å². The molecule has 0 unspecified atom stereocenters. The lowest BCUT2D eigenvalue weighted by Gasteiger charge is -2.20. The average Bonchev–Trinajstić information content (AvgIpc) is 3.17. The SMILES string of the molecule is CCCCCCCCCCCCCCCCN(CC)COC(=O)Nc1cccc(NC(=O)OCN(CC)CCCCCCCCCCCCCCCC)c1. The maximum atomic E-state index is 12.5. The van der Waals surface area contributed by atoms with E-state index in [2.05, 4.69) is 48.1 Å². The summed E-state index contributed by atoms with van der Waals surface area (Å²) in [5.41, 5.74) is 1.11. The number of benzene rings is 1. The minimum Gasteiger partial charge on any atom is -0.433 e. The number of nitrogens with one attached hydrogen (secondary N) is 2. The minimum absolute atomic E-state index is 0.262. The van der Waals surface area contributed by atoms with Crippen molar-refractivity contribution in [1.82, 2.24) is 9.80 Å². The molecule has 2 amide bonds. The molecule has 0 aliphatic heterocycles. The molecule has 2 N–H and O–H groups in total. The molecule has 0 spiro atoms. The highest BCUT2D eigenvalue weighted by atomic mass is 16.6. The highest BCUT2D eigenvalue weighted by Gasteiger charge is 2.11. The van der Waals surface area contributed by atoms with Gasteiger partial charge in [0, 0.05) is 24.5 Å².